The quantitative estimate of drug-likeness (QED) is 0.895. The van der Waals surface area contributed by atoms with Crippen LogP contribution in [0.15, 0.2) is 24.3 Å². The number of aliphatic carboxylic acids is 1. The highest BCUT2D eigenvalue weighted by atomic mass is 19.4. The summed E-state index contributed by atoms with van der Waals surface area (Å²) in [5.41, 5.74) is -0.504. The van der Waals surface area contributed by atoms with Crippen molar-refractivity contribution >= 4 is 11.7 Å². The first-order chi connectivity index (χ1) is 8.77. The molecule has 0 heterocycles. The molecule has 0 aromatic heterocycles. The fraction of sp³-hybridized carbons (Fsp3) is 0.462. The van der Waals surface area contributed by atoms with Gasteiger partial charge in [0, 0.05) is 12.2 Å². The Morgan fingerprint density at radius 3 is 2.53 bits per heavy atom. The molecule has 106 valence electrons. The number of carboxylic acid groups (broad SMARTS) is 1. The molecule has 1 N–H and O–H groups in total. The van der Waals surface area contributed by atoms with Crippen molar-refractivity contribution in [3.8, 4) is 0 Å². The van der Waals surface area contributed by atoms with E-state index in [2.05, 4.69) is 0 Å². The van der Waals surface area contributed by atoms with E-state index in [-0.39, 0.29) is 5.69 Å². The van der Waals surface area contributed by atoms with E-state index in [1.54, 1.807) is 0 Å². The minimum absolute atomic E-state index is 0.270. The Morgan fingerprint density at radius 1 is 1.42 bits per heavy atom. The van der Waals surface area contributed by atoms with Crippen LogP contribution in [0.3, 0.4) is 0 Å². The van der Waals surface area contributed by atoms with Crippen molar-refractivity contribution in [1.29, 1.82) is 0 Å². The van der Waals surface area contributed by atoms with Gasteiger partial charge in [-0.3, -0.25) is 0 Å². The fourth-order valence-corrected chi connectivity index (χ4v) is 1.78. The summed E-state index contributed by atoms with van der Waals surface area (Å²) in [5, 5.41) is 9.01. The first-order valence-corrected chi connectivity index (χ1v) is 5.94. The zero-order valence-electron chi connectivity index (χ0n) is 10.7. The zero-order chi connectivity index (χ0) is 14.6. The minimum Gasteiger partial charge on any atom is -0.480 e. The molecule has 1 aromatic rings. The number of alkyl halides is 3. The van der Waals surface area contributed by atoms with Crippen LogP contribution >= 0.6 is 0 Å². The van der Waals surface area contributed by atoms with Gasteiger partial charge in [0.05, 0.1) is 5.56 Å². The highest BCUT2D eigenvalue weighted by Crippen LogP contribution is 2.32. The lowest BCUT2D eigenvalue weighted by Crippen LogP contribution is -2.39. The van der Waals surface area contributed by atoms with E-state index in [0.29, 0.717) is 13.0 Å². The predicted octanol–water partition coefficient (Wildman–Crippen LogP) is 3.39. The molecular weight excluding hydrogens is 259 g/mol. The van der Waals surface area contributed by atoms with Crippen molar-refractivity contribution < 1.29 is 23.1 Å². The number of halogens is 3. The van der Waals surface area contributed by atoms with Crippen LogP contribution in [0.25, 0.3) is 0 Å². The Hall–Kier alpha value is -1.72. The molecule has 0 radical (unpaired) electrons. The van der Waals surface area contributed by atoms with E-state index < -0.39 is 23.8 Å². The summed E-state index contributed by atoms with van der Waals surface area (Å²) >= 11 is 0. The third-order valence-electron chi connectivity index (χ3n) is 2.79. The molecule has 0 amide bonds. The largest absolute Gasteiger partial charge is 0.480 e. The van der Waals surface area contributed by atoms with E-state index in [1.165, 1.54) is 24.0 Å². The Labute approximate surface area is 109 Å². The van der Waals surface area contributed by atoms with Crippen LogP contribution in [0, 0.1) is 0 Å². The van der Waals surface area contributed by atoms with Crippen molar-refractivity contribution in [2.45, 2.75) is 32.5 Å². The van der Waals surface area contributed by atoms with Gasteiger partial charge in [0.2, 0.25) is 0 Å². The molecule has 0 aliphatic carbocycles. The summed E-state index contributed by atoms with van der Waals surface area (Å²) in [7, 11) is 0. The molecule has 1 atom stereocenters. The summed E-state index contributed by atoms with van der Waals surface area (Å²) in [6.07, 6.45) is -3.78. The molecular formula is C13H16F3NO2. The van der Waals surface area contributed by atoms with Crippen molar-refractivity contribution in [2.75, 3.05) is 11.4 Å². The molecule has 0 fully saturated rings. The lowest BCUT2D eigenvalue weighted by atomic mass is 10.1. The number of hydrogen-bond donors (Lipinski definition) is 1. The lowest BCUT2D eigenvalue weighted by molar-refractivity contribution is -0.138. The van der Waals surface area contributed by atoms with Gasteiger partial charge in [-0.05, 0) is 31.5 Å². The summed E-state index contributed by atoms with van der Waals surface area (Å²) < 4.78 is 37.9. The van der Waals surface area contributed by atoms with E-state index in [4.69, 9.17) is 5.11 Å². The van der Waals surface area contributed by atoms with Gasteiger partial charge < -0.3 is 10.0 Å². The Morgan fingerprint density at radius 2 is 2.05 bits per heavy atom. The van der Waals surface area contributed by atoms with E-state index in [1.807, 2.05) is 6.92 Å². The normalized spacial score (nSPS) is 13.1. The van der Waals surface area contributed by atoms with Crippen LogP contribution in [-0.2, 0) is 11.0 Å². The number of benzene rings is 1. The molecule has 3 nitrogen and oxygen atoms in total. The average molecular weight is 275 g/mol. The van der Waals surface area contributed by atoms with Gasteiger partial charge in [0.15, 0.2) is 0 Å². The minimum atomic E-state index is -4.43. The number of carbonyl (C=O) groups is 1. The van der Waals surface area contributed by atoms with E-state index in [0.717, 1.165) is 12.1 Å². The maximum Gasteiger partial charge on any atom is 0.416 e. The van der Waals surface area contributed by atoms with Crippen LogP contribution in [0.4, 0.5) is 18.9 Å². The van der Waals surface area contributed by atoms with Gasteiger partial charge in [0.25, 0.3) is 0 Å². The lowest BCUT2D eigenvalue weighted by Gasteiger charge is -2.28. The molecule has 0 aliphatic heterocycles. The molecule has 0 saturated carbocycles. The summed E-state index contributed by atoms with van der Waals surface area (Å²) in [4.78, 5) is 12.5. The molecule has 0 unspecified atom stereocenters. The Kier molecular flexibility index (Phi) is 4.80. The number of rotatable bonds is 5. The van der Waals surface area contributed by atoms with Crippen molar-refractivity contribution in [2.24, 2.45) is 0 Å². The molecule has 0 bridgehead atoms. The number of hydrogen-bond acceptors (Lipinski definition) is 2. The maximum atomic E-state index is 12.6. The van der Waals surface area contributed by atoms with E-state index in [9.17, 15) is 18.0 Å². The smallest absolute Gasteiger partial charge is 0.416 e. The topological polar surface area (TPSA) is 40.5 Å². The second-order valence-electron chi connectivity index (χ2n) is 4.26. The molecule has 0 saturated heterocycles. The van der Waals surface area contributed by atoms with Crippen molar-refractivity contribution in [3.63, 3.8) is 0 Å². The first-order valence-electron chi connectivity index (χ1n) is 5.94. The van der Waals surface area contributed by atoms with E-state index >= 15 is 0 Å². The first kappa shape index (κ1) is 15.3. The highest BCUT2D eigenvalue weighted by molar-refractivity contribution is 5.77. The Balaban J connectivity index is 3.13. The van der Waals surface area contributed by atoms with Gasteiger partial charge in [-0.1, -0.05) is 13.0 Å². The molecule has 0 spiro atoms. The predicted molar refractivity (Wildman–Crippen MR) is 66.2 cm³/mol. The molecule has 19 heavy (non-hydrogen) atoms. The molecule has 1 aromatic carbocycles. The van der Waals surface area contributed by atoms with Crippen LogP contribution in [0.1, 0.15) is 25.8 Å². The van der Waals surface area contributed by atoms with Crippen LogP contribution < -0.4 is 4.90 Å². The molecule has 6 heteroatoms. The summed E-state index contributed by atoms with van der Waals surface area (Å²) in [6, 6.07) is 3.86. The number of carboxylic acids is 1. The van der Waals surface area contributed by atoms with Gasteiger partial charge in [-0.2, -0.15) is 13.2 Å². The standard InChI is InChI=1S/C13H16F3NO2/c1-3-7-17(9(2)12(18)19)11-6-4-5-10(8-11)13(14,15)16/h4-6,8-9H,3,7H2,1-2H3,(H,18,19)/t9-/m0/s1. The molecule has 0 aliphatic rings. The fourth-order valence-electron chi connectivity index (χ4n) is 1.78. The van der Waals surface area contributed by atoms with Crippen molar-refractivity contribution in [3.05, 3.63) is 29.8 Å². The molecule has 1 rings (SSSR count). The van der Waals surface area contributed by atoms with Crippen molar-refractivity contribution in [1.82, 2.24) is 0 Å². The number of nitrogens with zero attached hydrogens (tertiary/aromatic N) is 1. The van der Waals surface area contributed by atoms with Gasteiger partial charge in [0.1, 0.15) is 6.04 Å². The van der Waals surface area contributed by atoms with Crippen LogP contribution in [0.5, 0.6) is 0 Å². The average Bonchev–Trinajstić information content (AvgIpc) is 2.34. The number of anilines is 1. The zero-order valence-corrected chi connectivity index (χ0v) is 10.7. The summed E-state index contributed by atoms with van der Waals surface area (Å²) in [5.74, 6) is -1.06. The monoisotopic (exact) mass is 275 g/mol. The van der Waals surface area contributed by atoms with Gasteiger partial charge >= 0.3 is 12.1 Å². The summed E-state index contributed by atoms with van der Waals surface area (Å²) in [6.45, 7) is 3.68. The third-order valence-corrected chi connectivity index (χ3v) is 2.79. The van der Waals surface area contributed by atoms with Crippen LogP contribution in [0.2, 0.25) is 0 Å². The highest BCUT2D eigenvalue weighted by Gasteiger charge is 2.31. The Bertz CT molecular complexity index is 446. The van der Waals surface area contributed by atoms with Crippen LogP contribution in [-0.4, -0.2) is 23.7 Å². The van der Waals surface area contributed by atoms with Gasteiger partial charge in [-0.25, -0.2) is 4.79 Å². The van der Waals surface area contributed by atoms with Gasteiger partial charge in [-0.15, -0.1) is 0 Å². The SMILES string of the molecule is CCCN(c1cccc(C(F)(F)F)c1)[C@@H](C)C(=O)O. The second kappa shape index (κ2) is 5.95. The third kappa shape index (κ3) is 3.87. The maximum absolute atomic E-state index is 12.6. The second-order valence-corrected chi connectivity index (χ2v) is 4.26.